The van der Waals surface area contributed by atoms with Gasteiger partial charge in [0.05, 0.1) is 18.0 Å². The van der Waals surface area contributed by atoms with Crippen LogP contribution >= 0.6 is 0 Å². The molecule has 3 nitrogen and oxygen atoms in total. The molecule has 0 aromatic carbocycles. The second kappa shape index (κ2) is 2.01. The third-order valence-electron chi connectivity index (χ3n) is 2.41. The van der Waals surface area contributed by atoms with Crippen molar-refractivity contribution in [1.29, 1.82) is 0 Å². The van der Waals surface area contributed by atoms with Crippen LogP contribution < -0.4 is 11.1 Å². The summed E-state index contributed by atoms with van der Waals surface area (Å²) >= 11 is 0. The molecular formula is C8H13N3. The number of hydrogen-bond donors (Lipinski definition) is 2. The lowest BCUT2D eigenvalue weighted by Crippen LogP contribution is -2.41. The van der Waals surface area contributed by atoms with Crippen LogP contribution in [0.25, 0.3) is 0 Å². The van der Waals surface area contributed by atoms with E-state index in [9.17, 15) is 0 Å². The van der Waals surface area contributed by atoms with Gasteiger partial charge in [0.2, 0.25) is 0 Å². The number of hydrogen-bond acceptors (Lipinski definition) is 3. The smallest absolute Gasteiger partial charge is 0.0978 e. The van der Waals surface area contributed by atoms with Crippen LogP contribution in [0.4, 0.5) is 0 Å². The Bertz CT molecular complexity index is 231. The largest absolute Gasteiger partial charge is 0.364 e. The normalized spacial score (nSPS) is 35.3. The summed E-state index contributed by atoms with van der Waals surface area (Å²) in [5.41, 5.74) is 7.17. The summed E-state index contributed by atoms with van der Waals surface area (Å²) in [5.74, 6) is 0.954. The fourth-order valence-electron chi connectivity index (χ4n) is 1.67. The highest BCUT2D eigenvalue weighted by molar-refractivity contribution is 5.25. The van der Waals surface area contributed by atoms with Gasteiger partial charge in [-0.2, -0.15) is 0 Å². The molecule has 0 spiro atoms. The van der Waals surface area contributed by atoms with Gasteiger partial charge in [0, 0.05) is 6.54 Å². The van der Waals surface area contributed by atoms with Crippen molar-refractivity contribution in [1.82, 2.24) is 10.2 Å². The Morgan fingerprint density at radius 3 is 3.27 bits per heavy atom. The topological polar surface area (TPSA) is 41.3 Å². The zero-order valence-electron chi connectivity index (χ0n) is 6.67. The van der Waals surface area contributed by atoms with E-state index in [1.54, 1.807) is 0 Å². The average molecular weight is 151 g/mol. The second-order valence-electron chi connectivity index (χ2n) is 3.20. The summed E-state index contributed by atoms with van der Waals surface area (Å²) in [6.45, 7) is 6.96. The van der Waals surface area contributed by atoms with Crippen molar-refractivity contribution in [3.8, 4) is 0 Å². The maximum Gasteiger partial charge on any atom is 0.0978 e. The number of nitrogens with zero attached hydrogens (tertiary/aromatic N) is 1. The van der Waals surface area contributed by atoms with Crippen molar-refractivity contribution < 1.29 is 0 Å². The van der Waals surface area contributed by atoms with Gasteiger partial charge in [-0.25, -0.2) is 0 Å². The molecule has 2 atom stereocenters. The first-order chi connectivity index (χ1) is 5.18. The highest BCUT2D eigenvalue weighted by Crippen LogP contribution is 2.23. The van der Waals surface area contributed by atoms with Gasteiger partial charge in [0.15, 0.2) is 0 Å². The lowest BCUT2D eigenvalue weighted by molar-refractivity contribution is 0.322. The monoisotopic (exact) mass is 151 g/mol. The summed E-state index contributed by atoms with van der Waals surface area (Å²) in [6.07, 6.45) is 2.10. The first-order valence-electron chi connectivity index (χ1n) is 3.84. The predicted molar refractivity (Wildman–Crippen MR) is 44.5 cm³/mol. The molecule has 0 aromatic heterocycles. The maximum atomic E-state index is 5.85. The van der Waals surface area contributed by atoms with Crippen LogP contribution in [0.3, 0.4) is 0 Å². The average Bonchev–Trinajstić information content (AvgIpc) is 2.26. The summed E-state index contributed by atoms with van der Waals surface area (Å²) < 4.78 is 0. The predicted octanol–water partition coefficient (Wildman–Crippen LogP) is -0.0239. The summed E-state index contributed by atoms with van der Waals surface area (Å²) in [7, 11) is 0. The molecule has 1 saturated heterocycles. The standard InChI is InChI=1S/C8H13N3/c1-5-3-8(9)11-4-7(5)10-6(11)2/h3,7-8,10H,2,4,9H2,1H3/t7?,8-/m0/s1. The third kappa shape index (κ3) is 0.844. The van der Waals surface area contributed by atoms with E-state index in [1.807, 2.05) is 0 Å². The lowest BCUT2D eigenvalue weighted by atomic mass is 10.1. The van der Waals surface area contributed by atoms with Crippen LogP contribution in [0.2, 0.25) is 0 Å². The fourth-order valence-corrected chi connectivity index (χ4v) is 1.67. The number of rotatable bonds is 0. The third-order valence-corrected chi connectivity index (χ3v) is 2.41. The molecule has 2 aliphatic heterocycles. The number of nitrogens with one attached hydrogen (secondary N) is 1. The van der Waals surface area contributed by atoms with E-state index >= 15 is 0 Å². The summed E-state index contributed by atoms with van der Waals surface area (Å²) in [6, 6.07) is 0.447. The summed E-state index contributed by atoms with van der Waals surface area (Å²) in [4.78, 5) is 2.08. The van der Waals surface area contributed by atoms with E-state index in [1.165, 1.54) is 5.57 Å². The Kier molecular flexibility index (Phi) is 1.23. The Morgan fingerprint density at radius 2 is 2.55 bits per heavy atom. The molecule has 0 aliphatic carbocycles. The van der Waals surface area contributed by atoms with Gasteiger partial charge in [-0.15, -0.1) is 0 Å². The van der Waals surface area contributed by atoms with Crippen LogP contribution in [0.1, 0.15) is 6.92 Å². The van der Waals surface area contributed by atoms with E-state index in [-0.39, 0.29) is 6.17 Å². The minimum atomic E-state index is 0.0220. The molecule has 2 rings (SSSR count). The molecule has 60 valence electrons. The molecule has 11 heavy (non-hydrogen) atoms. The van der Waals surface area contributed by atoms with E-state index in [0.717, 1.165) is 12.4 Å². The van der Waals surface area contributed by atoms with Crippen LogP contribution in [-0.2, 0) is 0 Å². The highest BCUT2D eigenvalue weighted by atomic mass is 15.4. The molecule has 1 fully saturated rings. The van der Waals surface area contributed by atoms with Gasteiger partial charge >= 0.3 is 0 Å². The molecule has 3 N–H and O–H groups in total. The summed E-state index contributed by atoms with van der Waals surface area (Å²) in [5, 5.41) is 3.28. The molecule has 0 saturated carbocycles. The van der Waals surface area contributed by atoms with Crippen LogP contribution in [0.5, 0.6) is 0 Å². The van der Waals surface area contributed by atoms with Crippen molar-refractivity contribution >= 4 is 0 Å². The van der Waals surface area contributed by atoms with Crippen LogP contribution in [0.15, 0.2) is 24.0 Å². The SMILES string of the molecule is C=C1NC2CN1[C@H](N)C=C2C. The van der Waals surface area contributed by atoms with Gasteiger partial charge in [-0.05, 0) is 13.0 Å². The van der Waals surface area contributed by atoms with Gasteiger partial charge < -0.3 is 16.0 Å². The van der Waals surface area contributed by atoms with Gasteiger partial charge in [-0.3, -0.25) is 0 Å². The molecule has 2 bridgehead atoms. The quantitative estimate of drug-likeness (QED) is 0.478. The van der Waals surface area contributed by atoms with Gasteiger partial charge in [0.25, 0.3) is 0 Å². The minimum Gasteiger partial charge on any atom is -0.364 e. The molecule has 3 heteroatoms. The maximum absolute atomic E-state index is 5.85. The van der Waals surface area contributed by atoms with Crippen molar-refractivity contribution in [3.63, 3.8) is 0 Å². The Morgan fingerprint density at radius 1 is 1.82 bits per heavy atom. The van der Waals surface area contributed by atoms with Crippen molar-refractivity contribution in [2.75, 3.05) is 6.54 Å². The first-order valence-corrected chi connectivity index (χ1v) is 3.84. The van der Waals surface area contributed by atoms with Gasteiger partial charge in [0.1, 0.15) is 0 Å². The van der Waals surface area contributed by atoms with E-state index in [0.29, 0.717) is 6.04 Å². The van der Waals surface area contributed by atoms with E-state index in [2.05, 4.69) is 29.8 Å². The number of nitrogens with two attached hydrogens (primary N) is 1. The Balaban J connectivity index is 2.32. The molecule has 2 heterocycles. The van der Waals surface area contributed by atoms with Gasteiger partial charge in [-0.1, -0.05) is 12.2 Å². The van der Waals surface area contributed by atoms with Crippen molar-refractivity contribution in [2.45, 2.75) is 19.1 Å². The molecule has 0 amide bonds. The molecule has 0 radical (unpaired) electrons. The zero-order valence-corrected chi connectivity index (χ0v) is 6.67. The van der Waals surface area contributed by atoms with Crippen molar-refractivity contribution in [3.05, 3.63) is 24.0 Å². The Hall–Kier alpha value is -0.960. The number of fused-ring (bicyclic) bond motifs is 2. The Labute approximate surface area is 66.6 Å². The fraction of sp³-hybridized carbons (Fsp3) is 0.500. The van der Waals surface area contributed by atoms with E-state index < -0.39 is 0 Å². The minimum absolute atomic E-state index is 0.0220. The molecule has 1 unspecified atom stereocenters. The van der Waals surface area contributed by atoms with E-state index in [4.69, 9.17) is 5.73 Å². The van der Waals surface area contributed by atoms with Crippen molar-refractivity contribution in [2.24, 2.45) is 5.73 Å². The second-order valence-corrected chi connectivity index (χ2v) is 3.20. The molecule has 0 aromatic rings. The first kappa shape index (κ1) is 6.73. The lowest BCUT2D eigenvalue weighted by Gasteiger charge is -2.27. The molecule has 2 aliphatic rings. The zero-order chi connectivity index (χ0) is 8.01. The highest BCUT2D eigenvalue weighted by Gasteiger charge is 2.32. The van der Waals surface area contributed by atoms with Crippen LogP contribution in [-0.4, -0.2) is 23.7 Å². The van der Waals surface area contributed by atoms with Crippen LogP contribution in [0, 0.1) is 0 Å². The molecular weight excluding hydrogens is 138 g/mol.